The van der Waals surface area contributed by atoms with Crippen molar-refractivity contribution in [3.63, 3.8) is 0 Å². The molecule has 0 saturated heterocycles. The van der Waals surface area contributed by atoms with Crippen molar-refractivity contribution in [3.05, 3.63) is 70.6 Å². The number of hydrogen-bond acceptors (Lipinski definition) is 7. The van der Waals surface area contributed by atoms with Crippen molar-refractivity contribution >= 4 is 16.9 Å². The Morgan fingerprint density at radius 1 is 1.07 bits per heavy atom. The summed E-state index contributed by atoms with van der Waals surface area (Å²) < 4.78 is 16.1. The number of hydrogen-bond donors (Lipinski definition) is 1. The minimum absolute atomic E-state index is 0. The maximum Gasteiger partial charge on any atom is 1.00 e. The van der Waals surface area contributed by atoms with Crippen LogP contribution in [0.1, 0.15) is 10.6 Å². The fourth-order valence-electron chi connectivity index (χ4n) is 2.34. The topological polar surface area (TPSA) is 109 Å². The Labute approximate surface area is 176 Å². The monoisotopic (exact) mass is 378 g/mol. The molecule has 0 bridgehead atoms. The molecule has 0 aliphatic heterocycles. The molecule has 0 amide bonds. The van der Waals surface area contributed by atoms with E-state index >= 15 is 0 Å². The van der Waals surface area contributed by atoms with E-state index in [0.717, 1.165) is 6.07 Å². The van der Waals surface area contributed by atoms with E-state index in [-0.39, 0.29) is 59.5 Å². The van der Waals surface area contributed by atoms with Crippen LogP contribution in [0.2, 0.25) is 0 Å². The Kier molecular flexibility index (Phi) is 7.44. The van der Waals surface area contributed by atoms with Gasteiger partial charge in [0.15, 0.2) is 11.2 Å². The van der Waals surface area contributed by atoms with Gasteiger partial charge in [-0.3, -0.25) is 4.79 Å². The smallest absolute Gasteiger partial charge is 0.542 e. The summed E-state index contributed by atoms with van der Waals surface area (Å²) in [7, 11) is 0. The summed E-state index contributed by atoms with van der Waals surface area (Å²) in [6.07, 6.45) is -0.931. The Bertz CT molecular complexity index is 969. The molecule has 27 heavy (non-hydrogen) atoms. The van der Waals surface area contributed by atoms with Crippen LogP contribution in [0.4, 0.5) is 0 Å². The van der Waals surface area contributed by atoms with Crippen molar-refractivity contribution in [2.75, 3.05) is 13.2 Å². The first-order chi connectivity index (χ1) is 12.5. The van der Waals surface area contributed by atoms with Crippen LogP contribution in [0.3, 0.4) is 0 Å². The van der Waals surface area contributed by atoms with Gasteiger partial charge < -0.3 is 28.9 Å². The van der Waals surface area contributed by atoms with Gasteiger partial charge in [0, 0.05) is 6.07 Å². The van der Waals surface area contributed by atoms with Gasteiger partial charge in [0.1, 0.15) is 47.8 Å². The molecular weight excluding hydrogens is 363 g/mol. The van der Waals surface area contributed by atoms with E-state index in [9.17, 15) is 19.8 Å². The molecule has 0 fully saturated rings. The molecule has 1 N–H and O–H groups in total. The first kappa shape index (κ1) is 21.0. The van der Waals surface area contributed by atoms with Gasteiger partial charge in [-0.2, -0.15) is 0 Å². The van der Waals surface area contributed by atoms with Crippen molar-refractivity contribution < 1.29 is 58.5 Å². The molecule has 1 heterocycles. The minimum atomic E-state index is -1.58. The second kappa shape index (κ2) is 9.57. The first-order valence-corrected chi connectivity index (χ1v) is 7.81. The summed E-state index contributed by atoms with van der Waals surface area (Å²) in [5, 5.41) is 20.9. The van der Waals surface area contributed by atoms with Gasteiger partial charge >= 0.3 is 29.6 Å². The minimum Gasteiger partial charge on any atom is -0.542 e. The average molecular weight is 378 g/mol. The van der Waals surface area contributed by atoms with Gasteiger partial charge in [-0.05, 0) is 24.3 Å². The van der Waals surface area contributed by atoms with E-state index in [4.69, 9.17) is 13.9 Å². The van der Waals surface area contributed by atoms with Gasteiger partial charge in [0.05, 0.1) is 0 Å². The summed E-state index contributed by atoms with van der Waals surface area (Å²) >= 11 is 0. The molecule has 0 spiro atoms. The predicted molar refractivity (Wildman–Crippen MR) is 90.3 cm³/mol. The van der Waals surface area contributed by atoms with Gasteiger partial charge in [-0.1, -0.05) is 24.3 Å². The van der Waals surface area contributed by atoms with Crippen LogP contribution in [0.25, 0.3) is 11.0 Å². The zero-order valence-electron chi connectivity index (χ0n) is 14.6. The van der Waals surface area contributed by atoms with Crippen LogP contribution in [-0.2, 0) is 0 Å². The third-order valence-electron chi connectivity index (χ3n) is 3.53. The number of carbonyl (C=O) groups excluding carboxylic acids is 1. The number of aliphatic hydroxyl groups excluding tert-OH is 1. The van der Waals surface area contributed by atoms with Gasteiger partial charge in [-0.15, -0.1) is 0 Å². The Morgan fingerprint density at radius 2 is 1.78 bits per heavy atom. The third kappa shape index (κ3) is 5.33. The number of carboxylic acid groups (broad SMARTS) is 1. The Morgan fingerprint density at radius 3 is 2.48 bits per heavy atom. The zero-order valence-corrected chi connectivity index (χ0v) is 16.6. The average Bonchev–Trinajstić information content (AvgIpc) is 2.65. The van der Waals surface area contributed by atoms with Crippen LogP contribution in [-0.4, -0.2) is 30.4 Å². The molecule has 1 atom stereocenters. The van der Waals surface area contributed by atoms with Crippen molar-refractivity contribution in [1.29, 1.82) is 0 Å². The molecule has 1 unspecified atom stereocenters. The van der Waals surface area contributed by atoms with Gasteiger partial charge in [0.2, 0.25) is 0 Å². The molecule has 0 aliphatic rings. The largest absolute Gasteiger partial charge is 1.00 e. The number of rotatable bonds is 7. The summed E-state index contributed by atoms with van der Waals surface area (Å²) in [5.41, 5.74) is -0.514. The molecule has 0 saturated carbocycles. The standard InChI is InChI=1S/C19H16O7.Na/c20-12(10-24-13-5-2-1-3-6-13)11-25-15-7-4-8-16-18(15)14(21)9-17(26-16)19(22)23;/h1-9,12,20H,10-11H2,(H,22,23);/q;+1/p-1. The van der Waals surface area contributed by atoms with E-state index in [0.29, 0.717) is 5.75 Å². The zero-order chi connectivity index (χ0) is 18.5. The fourth-order valence-corrected chi connectivity index (χ4v) is 2.34. The number of para-hydroxylation sites is 1. The van der Waals surface area contributed by atoms with Crippen molar-refractivity contribution in [2.45, 2.75) is 6.10 Å². The molecule has 2 aromatic carbocycles. The van der Waals surface area contributed by atoms with E-state index in [2.05, 4.69) is 0 Å². The molecule has 8 heteroatoms. The molecular formula is C19H15NaO7. The molecule has 3 rings (SSSR count). The van der Waals surface area contributed by atoms with Crippen LogP contribution >= 0.6 is 0 Å². The predicted octanol–water partition coefficient (Wildman–Crippen LogP) is -2.02. The summed E-state index contributed by atoms with van der Waals surface area (Å²) in [4.78, 5) is 23.0. The van der Waals surface area contributed by atoms with E-state index in [1.54, 1.807) is 18.2 Å². The number of aliphatic hydroxyl groups is 1. The number of ether oxygens (including phenoxy) is 2. The SMILES string of the molecule is O=C([O-])c1cc(=O)c2c(OCC(O)COc3ccccc3)cccc2o1.[Na+]. The number of carboxylic acids is 1. The normalized spacial score (nSPS) is 11.4. The molecule has 1 aromatic heterocycles. The maximum atomic E-state index is 12.2. The van der Waals surface area contributed by atoms with Crippen LogP contribution in [0, 0.1) is 0 Å². The van der Waals surface area contributed by atoms with Crippen LogP contribution in [0.5, 0.6) is 11.5 Å². The molecule has 0 aliphatic carbocycles. The summed E-state index contributed by atoms with van der Waals surface area (Å²) in [6, 6.07) is 14.4. The molecule has 0 radical (unpaired) electrons. The van der Waals surface area contributed by atoms with E-state index in [1.165, 1.54) is 12.1 Å². The fraction of sp³-hybridized carbons (Fsp3) is 0.158. The summed E-state index contributed by atoms with van der Waals surface area (Å²) in [6.45, 7) is -0.105. The van der Waals surface area contributed by atoms with E-state index in [1.807, 2.05) is 18.2 Å². The molecule has 134 valence electrons. The van der Waals surface area contributed by atoms with Gasteiger partial charge in [0.25, 0.3) is 0 Å². The van der Waals surface area contributed by atoms with Crippen LogP contribution in [0.15, 0.2) is 63.8 Å². The third-order valence-corrected chi connectivity index (χ3v) is 3.53. The molecule has 7 nitrogen and oxygen atoms in total. The number of benzene rings is 2. The number of fused-ring (bicyclic) bond motifs is 1. The number of carbonyl (C=O) groups is 1. The quantitative estimate of drug-likeness (QED) is 0.473. The Balaban J connectivity index is 0.00000261. The first-order valence-electron chi connectivity index (χ1n) is 7.81. The summed E-state index contributed by atoms with van der Waals surface area (Å²) in [5.74, 6) is -1.34. The Hall–Kier alpha value is -2.32. The number of aromatic carboxylic acids is 1. The van der Waals surface area contributed by atoms with E-state index < -0.39 is 23.3 Å². The van der Waals surface area contributed by atoms with Gasteiger partial charge in [-0.25, -0.2) is 0 Å². The van der Waals surface area contributed by atoms with Crippen molar-refractivity contribution in [3.8, 4) is 11.5 Å². The molecule has 3 aromatic rings. The second-order valence-electron chi connectivity index (χ2n) is 5.48. The van der Waals surface area contributed by atoms with Crippen molar-refractivity contribution in [1.82, 2.24) is 0 Å². The second-order valence-corrected chi connectivity index (χ2v) is 5.48. The van der Waals surface area contributed by atoms with Crippen molar-refractivity contribution in [2.24, 2.45) is 0 Å². The maximum absolute atomic E-state index is 12.2. The van der Waals surface area contributed by atoms with Crippen LogP contribution < -0.4 is 49.6 Å².